The van der Waals surface area contributed by atoms with Crippen LogP contribution in [0.1, 0.15) is 21.1 Å². The Morgan fingerprint density at radius 2 is 2.08 bits per heavy atom. The van der Waals surface area contributed by atoms with E-state index in [0.717, 1.165) is 30.3 Å². The molecular weight excluding hydrogens is 328 g/mol. The second-order valence-electron chi connectivity index (χ2n) is 5.73. The fourth-order valence-corrected chi connectivity index (χ4v) is 3.36. The number of non-ortho nitro benzene ring substituents is 1. The third-order valence-corrected chi connectivity index (χ3v) is 4.84. The van der Waals surface area contributed by atoms with Crippen LogP contribution >= 0.6 is 11.3 Å². The van der Waals surface area contributed by atoms with Gasteiger partial charge in [0.05, 0.1) is 15.6 Å². The Hall–Kier alpha value is -2.32. The number of benzene rings is 1. The Kier molecular flexibility index (Phi) is 4.86. The molecule has 0 N–H and O–H groups in total. The van der Waals surface area contributed by atoms with E-state index in [2.05, 4.69) is 15.3 Å². The third-order valence-electron chi connectivity index (χ3n) is 4.02. The van der Waals surface area contributed by atoms with E-state index in [1.165, 1.54) is 12.1 Å². The van der Waals surface area contributed by atoms with E-state index >= 15 is 0 Å². The molecule has 126 valence electrons. The second kappa shape index (κ2) is 7.06. The molecule has 0 atom stereocenters. The molecule has 24 heavy (non-hydrogen) atoms. The lowest BCUT2D eigenvalue weighted by molar-refractivity contribution is -0.384. The van der Waals surface area contributed by atoms with E-state index in [0.29, 0.717) is 18.7 Å². The smallest absolute Gasteiger partial charge is 0.270 e. The van der Waals surface area contributed by atoms with Gasteiger partial charge in [-0.1, -0.05) is 6.07 Å². The van der Waals surface area contributed by atoms with Gasteiger partial charge in [0.25, 0.3) is 11.6 Å². The number of hydrogen-bond donors (Lipinski definition) is 0. The summed E-state index contributed by atoms with van der Waals surface area (Å²) in [4.78, 5) is 31.4. The van der Waals surface area contributed by atoms with Crippen LogP contribution in [0.4, 0.5) is 5.69 Å². The van der Waals surface area contributed by atoms with Gasteiger partial charge in [-0.15, -0.1) is 11.3 Å². The highest BCUT2D eigenvalue weighted by Gasteiger charge is 2.23. The van der Waals surface area contributed by atoms with Crippen LogP contribution in [0.15, 0.2) is 29.6 Å². The molecule has 0 radical (unpaired) electrons. The van der Waals surface area contributed by atoms with E-state index in [-0.39, 0.29) is 11.6 Å². The van der Waals surface area contributed by atoms with Crippen molar-refractivity contribution in [3.05, 3.63) is 56.0 Å². The highest BCUT2D eigenvalue weighted by molar-refractivity contribution is 7.09. The minimum absolute atomic E-state index is 0.0570. The van der Waals surface area contributed by atoms with E-state index in [9.17, 15) is 14.9 Å². The van der Waals surface area contributed by atoms with Gasteiger partial charge in [0.2, 0.25) is 0 Å². The first-order chi connectivity index (χ1) is 11.5. The molecule has 3 rings (SSSR count). The summed E-state index contributed by atoms with van der Waals surface area (Å²) in [6, 6.07) is 5.91. The van der Waals surface area contributed by atoms with E-state index in [1.807, 2.05) is 6.92 Å². The molecule has 1 aliphatic rings. The number of carbonyl (C=O) groups is 1. The zero-order valence-corrected chi connectivity index (χ0v) is 14.2. The van der Waals surface area contributed by atoms with E-state index in [4.69, 9.17) is 0 Å². The predicted octanol–water partition coefficient (Wildman–Crippen LogP) is 2.32. The quantitative estimate of drug-likeness (QED) is 0.627. The lowest BCUT2D eigenvalue weighted by atomic mass is 10.1. The van der Waals surface area contributed by atoms with Crippen molar-refractivity contribution < 1.29 is 9.72 Å². The molecule has 2 aromatic rings. The summed E-state index contributed by atoms with van der Waals surface area (Å²) in [7, 11) is 0. The molecule has 1 aliphatic heterocycles. The van der Waals surface area contributed by atoms with Crippen LogP contribution in [0, 0.1) is 17.0 Å². The summed E-state index contributed by atoms with van der Waals surface area (Å²) in [5.74, 6) is -0.150. The first kappa shape index (κ1) is 16.5. The number of thiazole rings is 1. The Balaban J connectivity index is 1.59. The van der Waals surface area contributed by atoms with Gasteiger partial charge in [0, 0.05) is 55.8 Å². The number of carbonyl (C=O) groups excluding carboxylic acids is 1. The molecule has 1 saturated heterocycles. The molecule has 0 saturated carbocycles. The highest BCUT2D eigenvalue weighted by atomic mass is 32.1. The van der Waals surface area contributed by atoms with Crippen LogP contribution in [0.3, 0.4) is 0 Å². The number of nitro groups is 1. The highest BCUT2D eigenvalue weighted by Crippen LogP contribution is 2.17. The minimum Gasteiger partial charge on any atom is -0.336 e. The molecule has 1 fully saturated rings. The summed E-state index contributed by atoms with van der Waals surface area (Å²) >= 11 is 1.64. The van der Waals surface area contributed by atoms with Crippen molar-refractivity contribution in [1.29, 1.82) is 0 Å². The maximum absolute atomic E-state index is 12.5. The van der Waals surface area contributed by atoms with Crippen LogP contribution in [-0.2, 0) is 6.54 Å². The van der Waals surface area contributed by atoms with E-state index < -0.39 is 4.92 Å². The number of hydrogen-bond acceptors (Lipinski definition) is 6. The molecule has 0 bridgehead atoms. The first-order valence-corrected chi connectivity index (χ1v) is 8.58. The number of aryl methyl sites for hydroxylation is 1. The van der Waals surface area contributed by atoms with Crippen molar-refractivity contribution in [2.45, 2.75) is 13.5 Å². The zero-order valence-electron chi connectivity index (χ0n) is 13.3. The molecule has 0 aliphatic carbocycles. The van der Waals surface area contributed by atoms with Crippen molar-refractivity contribution in [1.82, 2.24) is 14.8 Å². The van der Waals surface area contributed by atoms with Gasteiger partial charge < -0.3 is 4.90 Å². The van der Waals surface area contributed by atoms with Gasteiger partial charge in [-0.2, -0.15) is 0 Å². The molecule has 0 spiro atoms. The summed E-state index contributed by atoms with van der Waals surface area (Å²) in [6.45, 7) is 5.57. The second-order valence-corrected chi connectivity index (χ2v) is 6.80. The summed E-state index contributed by atoms with van der Waals surface area (Å²) in [5, 5.41) is 14.0. The normalized spacial score (nSPS) is 15.5. The largest absolute Gasteiger partial charge is 0.336 e. The number of rotatable bonds is 4. The van der Waals surface area contributed by atoms with Crippen molar-refractivity contribution in [2.24, 2.45) is 0 Å². The van der Waals surface area contributed by atoms with Crippen molar-refractivity contribution >= 4 is 22.9 Å². The number of nitrogens with zero attached hydrogens (tertiary/aromatic N) is 4. The third kappa shape index (κ3) is 3.77. The van der Waals surface area contributed by atoms with Crippen molar-refractivity contribution in [2.75, 3.05) is 26.2 Å². The van der Waals surface area contributed by atoms with Crippen LogP contribution in [-0.4, -0.2) is 51.8 Å². The molecule has 8 heteroatoms. The first-order valence-electron chi connectivity index (χ1n) is 7.70. The van der Waals surface area contributed by atoms with Crippen LogP contribution in [0.5, 0.6) is 0 Å². The Morgan fingerprint density at radius 1 is 1.33 bits per heavy atom. The lowest BCUT2D eigenvalue weighted by Gasteiger charge is -2.34. The Bertz CT molecular complexity index is 753. The summed E-state index contributed by atoms with van der Waals surface area (Å²) < 4.78 is 0. The Morgan fingerprint density at radius 3 is 2.71 bits per heavy atom. The van der Waals surface area contributed by atoms with Gasteiger partial charge in [0.15, 0.2) is 0 Å². The predicted molar refractivity (Wildman–Crippen MR) is 91.1 cm³/mol. The van der Waals surface area contributed by atoms with Crippen molar-refractivity contribution in [3.63, 3.8) is 0 Å². The number of aromatic nitrogens is 1. The molecule has 7 nitrogen and oxygen atoms in total. The number of nitro benzene ring substituents is 1. The SMILES string of the molecule is Cc1nc(CN2CCN(C(=O)c3cccc([N+](=O)[O-])c3)CC2)cs1. The van der Waals surface area contributed by atoms with Crippen molar-refractivity contribution in [3.8, 4) is 0 Å². The molecule has 2 heterocycles. The van der Waals surface area contributed by atoms with E-state index in [1.54, 1.807) is 28.4 Å². The number of piperazine rings is 1. The van der Waals surface area contributed by atoms with Crippen LogP contribution in [0.2, 0.25) is 0 Å². The van der Waals surface area contributed by atoms with Gasteiger partial charge in [-0.25, -0.2) is 4.98 Å². The molecule has 1 amide bonds. The maximum Gasteiger partial charge on any atom is 0.270 e. The molecule has 1 aromatic carbocycles. The zero-order chi connectivity index (χ0) is 17.1. The van der Waals surface area contributed by atoms with Gasteiger partial charge >= 0.3 is 0 Å². The molecule has 0 unspecified atom stereocenters. The monoisotopic (exact) mass is 346 g/mol. The minimum atomic E-state index is -0.482. The van der Waals surface area contributed by atoms with Gasteiger partial charge in [-0.3, -0.25) is 19.8 Å². The molecular formula is C16H18N4O3S. The standard InChI is InChI=1S/C16H18N4O3S/c1-12-17-14(11-24-12)10-18-5-7-19(8-6-18)16(21)13-3-2-4-15(9-13)20(22)23/h2-4,9,11H,5-8,10H2,1H3. The average molecular weight is 346 g/mol. The van der Waals surface area contributed by atoms with Crippen LogP contribution in [0.25, 0.3) is 0 Å². The van der Waals surface area contributed by atoms with Crippen LogP contribution < -0.4 is 0 Å². The fraction of sp³-hybridized carbons (Fsp3) is 0.375. The van der Waals surface area contributed by atoms with Gasteiger partial charge in [-0.05, 0) is 13.0 Å². The molecule has 1 aromatic heterocycles. The topological polar surface area (TPSA) is 79.6 Å². The summed E-state index contributed by atoms with van der Waals surface area (Å²) in [5.41, 5.74) is 1.38. The Labute approximate surface area is 143 Å². The fourth-order valence-electron chi connectivity index (χ4n) is 2.75. The average Bonchev–Trinajstić information content (AvgIpc) is 3.00. The summed E-state index contributed by atoms with van der Waals surface area (Å²) in [6.07, 6.45) is 0. The maximum atomic E-state index is 12.5. The number of amides is 1. The van der Waals surface area contributed by atoms with Gasteiger partial charge in [0.1, 0.15) is 0 Å². The lowest BCUT2D eigenvalue weighted by Crippen LogP contribution is -2.48.